The molecule has 1 saturated heterocycles. The van der Waals surface area contributed by atoms with Gasteiger partial charge in [0.2, 0.25) is 5.75 Å². The van der Waals surface area contributed by atoms with Crippen molar-refractivity contribution in [3.8, 4) is 17.2 Å². The highest BCUT2D eigenvalue weighted by molar-refractivity contribution is 6.01. The van der Waals surface area contributed by atoms with E-state index in [1.54, 1.807) is 24.3 Å². The summed E-state index contributed by atoms with van der Waals surface area (Å²) in [5.41, 5.74) is 1.18. The summed E-state index contributed by atoms with van der Waals surface area (Å²) in [6.45, 7) is 0.427. The van der Waals surface area contributed by atoms with Gasteiger partial charge in [-0.3, -0.25) is 15.4 Å². The Labute approximate surface area is 151 Å². The molecule has 0 saturated carbocycles. The van der Waals surface area contributed by atoms with Gasteiger partial charge in [0, 0.05) is 12.1 Å². The van der Waals surface area contributed by atoms with Crippen LogP contribution in [0.4, 0.5) is 4.39 Å². The minimum absolute atomic E-state index is 0.115. The number of Topliss-reactive ketones (excluding diaryl/α,β-unsaturated/α-hetero) is 1. The van der Waals surface area contributed by atoms with Crippen LogP contribution in [0.2, 0.25) is 0 Å². The summed E-state index contributed by atoms with van der Waals surface area (Å²) in [5, 5.41) is 6.39. The zero-order valence-corrected chi connectivity index (χ0v) is 14.8. The number of methoxy groups -OCH3 is 3. The molecule has 0 aromatic heterocycles. The van der Waals surface area contributed by atoms with Gasteiger partial charge in [0.25, 0.3) is 0 Å². The Hall–Kier alpha value is -2.64. The quantitative estimate of drug-likeness (QED) is 0.771. The molecular weight excluding hydrogens is 339 g/mol. The summed E-state index contributed by atoms with van der Waals surface area (Å²) in [6.07, 6.45) is -0.290. The fourth-order valence-corrected chi connectivity index (χ4v) is 3.05. The first-order valence-corrected chi connectivity index (χ1v) is 8.16. The van der Waals surface area contributed by atoms with Crippen LogP contribution >= 0.6 is 0 Å². The highest BCUT2D eigenvalue weighted by atomic mass is 19.1. The first-order chi connectivity index (χ1) is 12.6. The molecule has 6 nitrogen and oxygen atoms in total. The average Bonchev–Trinajstić information content (AvgIpc) is 3.16. The molecule has 1 aliphatic heterocycles. The first kappa shape index (κ1) is 18.2. The van der Waals surface area contributed by atoms with Crippen molar-refractivity contribution in [2.45, 2.75) is 12.2 Å². The van der Waals surface area contributed by atoms with E-state index >= 15 is 0 Å². The van der Waals surface area contributed by atoms with Gasteiger partial charge in [0.05, 0.1) is 33.5 Å². The third-order valence-corrected chi connectivity index (χ3v) is 4.34. The van der Waals surface area contributed by atoms with Crippen LogP contribution in [0.25, 0.3) is 0 Å². The summed E-state index contributed by atoms with van der Waals surface area (Å²) in [5.74, 6) is 0.841. The summed E-state index contributed by atoms with van der Waals surface area (Å²) < 4.78 is 29.3. The van der Waals surface area contributed by atoms with Crippen LogP contribution in [0.1, 0.15) is 22.1 Å². The van der Waals surface area contributed by atoms with Crippen LogP contribution in [0.15, 0.2) is 36.4 Å². The normalized spacial score (nSPS) is 19.2. The third-order valence-electron chi connectivity index (χ3n) is 4.34. The minimum Gasteiger partial charge on any atom is -0.493 e. The number of carbonyl (C=O) groups excluding carboxylic acids is 1. The molecule has 138 valence electrons. The second kappa shape index (κ2) is 7.72. The monoisotopic (exact) mass is 360 g/mol. The molecule has 26 heavy (non-hydrogen) atoms. The number of halogens is 1. The Kier molecular flexibility index (Phi) is 5.39. The maximum Gasteiger partial charge on any atom is 0.203 e. The number of hydrogen-bond donors (Lipinski definition) is 2. The first-order valence-electron chi connectivity index (χ1n) is 8.16. The number of ether oxygens (including phenoxy) is 3. The van der Waals surface area contributed by atoms with Crippen molar-refractivity contribution in [3.05, 3.63) is 53.3 Å². The molecular formula is C19H21FN2O4. The molecule has 0 radical (unpaired) electrons. The summed E-state index contributed by atoms with van der Waals surface area (Å²) in [4.78, 5) is 12.9. The predicted molar refractivity (Wildman–Crippen MR) is 94.5 cm³/mol. The molecule has 0 spiro atoms. The largest absolute Gasteiger partial charge is 0.493 e. The van der Waals surface area contributed by atoms with Gasteiger partial charge in [-0.05, 0) is 29.8 Å². The highest BCUT2D eigenvalue weighted by Crippen LogP contribution is 2.38. The Morgan fingerprint density at radius 3 is 2.35 bits per heavy atom. The van der Waals surface area contributed by atoms with Crippen molar-refractivity contribution in [2.75, 3.05) is 27.9 Å². The Bertz CT molecular complexity index is 787. The zero-order chi connectivity index (χ0) is 18.7. The van der Waals surface area contributed by atoms with Gasteiger partial charge in [-0.2, -0.15) is 0 Å². The second-order valence-electron chi connectivity index (χ2n) is 5.89. The van der Waals surface area contributed by atoms with Crippen molar-refractivity contribution in [3.63, 3.8) is 0 Å². The van der Waals surface area contributed by atoms with E-state index in [1.807, 2.05) is 0 Å². The van der Waals surface area contributed by atoms with E-state index in [9.17, 15) is 9.18 Å². The van der Waals surface area contributed by atoms with Crippen molar-refractivity contribution in [1.29, 1.82) is 0 Å². The SMILES string of the molecule is COc1cc(C(=O)C2CNC(c3cccc(F)c3)N2)cc(OC)c1OC. The zero-order valence-electron chi connectivity index (χ0n) is 14.8. The van der Waals surface area contributed by atoms with Crippen molar-refractivity contribution in [2.24, 2.45) is 0 Å². The molecule has 2 unspecified atom stereocenters. The third kappa shape index (κ3) is 3.49. The minimum atomic E-state index is -0.453. The lowest BCUT2D eigenvalue weighted by molar-refractivity contribution is 0.0954. The van der Waals surface area contributed by atoms with Crippen molar-refractivity contribution >= 4 is 5.78 Å². The van der Waals surface area contributed by atoms with Gasteiger partial charge in [-0.1, -0.05) is 12.1 Å². The molecule has 2 N–H and O–H groups in total. The molecule has 1 heterocycles. The lowest BCUT2D eigenvalue weighted by Crippen LogP contribution is -2.34. The molecule has 2 aromatic carbocycles. The maximum atomic E-state index is 13.4. The van der Waals surface area contributed by atoms with E-state index in [2.05, 4.69) is 10.6 Å². The maximum absolute atomic E-state index is 13.4. The second-order valence-corrected chi connectivity index (χ2v) is 5.89. The summed E-state index contributed by atoms with van der Waals surface area (Å²) in [7, 11) is 4.51. The topological polar surface area (TPSA) is 68.8 Å². The van der Waals surface area contributed by atoms with Crippen LogP contribution in [0.5, 0.6) is 17.2 Å². The lowest BCUT2D eigenvalue weighted by Gasteiger charge is -2.16. The molecule has 3 rings (SSSR count). The van der Waals surface area contributed by atoms with Gasteiger partial charge >= 0.3 is 0 Å². The van der Waals surface area contributed by atoms with E-state index in [0.29, 0.717) is 29.4 Å². The predicted octanol–water partition coefficient (Wildman–Crippen LogP) is 2.29. The van der Waals surface area contributed by atoms with Gasteiger partial charge in [0.15, 0.2) is 17.3 Å². The van der Waals surface area contributed by atoms with Crippen LogP contribution in [0.3, 0.4) is 0 Å². The van der Waals surface area contributed by atoms with E-state index in [0.717, 1.165) is 5.56 Å². The van der Waals surface area contributed by atoms with Crippen LogP contribution in [0, 0.1) is 5.82 Å². The standard InChI is InChI=1S/C19H21FN2O4/c1-24-15-8-12(9-16(25-2)18(15)26-3)17(23)14-10-21-19(22-14)11-5-4-6-13(20)7-11/h4-9,14,19,21-22H,10H2,1-3H3. The van der Waals surface area contributed by atoms with Gasteiger partial charge in [-0.25, -0.2) is 4.39 Å². The van der Waals surface area contributed by atoms with E-state index in [1.165, 1.54) is 33.5 Å². The number of benzene rings is 2. The van der Waals surface area contributed by atoms with Crippen molar-refractivity contribution < 1.29 is 23.4 Å². The van der Waals surface area contributed by atoms with Crippen LogP contribution < -0.4 is 24.8 Å². The number of carbonyl (C=O) groups is 1. The Balaban J connectivity index is 1.82. The lowest BCUT2D eigenvalue weighted by atomic mass is 10.0. The molecule has 0 amide bonds. The fourth-order valence-electron chi connectivity index (χ4n) is 3.05. The Morgan fingerprint density at radius 1 is 1.08 bits per heavy atom. The van der Waals surface area contributed by atoms with Crippen molar-refractivity contribution in [1.82, 2.24) is 10.6 Å². The molecule has 2 aromatic rings. The molecule has 2 atom stereocenters. The molecule has 0 bridgehead atoms. The number of nitrogens with one attached hydrogen (secondary N) is 2. The smallest absolute Gasteiger partial charge is 0.203 e. The van der Waals surface area contributed by atoms with Crippen LogP contribution in [-0.2, 0) is 0 Å². The summed E-state index contributed by atoms with van der Waals surface area (Å²) in [6, 6.07) is 9.07. The molecule has 1 aliphatic rings. The van der Waals surface area contributed by atoms with E-state index in [4.69, 9.17) is 14.2 Å². The molecule has 1 fully saturated rings. The van der Waals surface area contributed by atoms with Gasteiger partial charge in [0.1, 0.15) is 5.82 Å². The number of ketones is 1. The molecule has 0 aliphatic carbocycles. The summed E-state index contributed by atoms with van der Waals surface area (Å²) >= 11 is 0. The van der Waals surface area contributed by atoms with Gasteiger partial charge < -0.3 is 14.2 Å². The molecule has 7 heteroatoms. The van der Waals surface area contributed by atoms with Crippen LogP contribution in [-0.4, -0.2) is 39.7 Å². The Morgan fingerprint density at radius 2 is 1.77 bits per heavy atom. The number of rotatable bonds is 6. The van der Waals surface area contributed by atoms with E-state index in [-0.39, 0.29) is 17.8 Å². The fraction of sp³-hybridized carbons (Fsp3) is 0.316. The highest BCUT2D eigenvalue weighted by Gasteiger charge is 2.31. The average molecular weight is 360 g/mol. The number of hydrogen-bond acceptors (Lipinski definition) is 6. The van der Waals surface area contributed by atoms with Gasteiger partial charge in [-0.15, -0.1) is 0 Å². The van der Waals surface area contributed by atoms with E-state index < -0.39 is 6.04 Å².